The number of amides is 1. The summed E-state index contributed by atoms with van der Waals surface area (Å²) in [6.45, 7) is 5.83. The number of ether oxygens (including phenoxy) is 1. The first kappa shape index (κ1) is 18.9. The molecule has 140 valence electrons. The molecule has 27 heavy (non-hydrogen) atoms. The first-order chi connectivity index (χ1) is 12.9. The number of aryl methyl sites for hydroxylation is 2. The summed E-state index contributed by atoms with van der Waals surface area (Å²) in [5.74, 6) is 0.518. The number of hydrogen-bond acceptors (Lipinski definition) is 3. The molecular weight excluding hydrogens is 358 g/mol. The first-order valence-electron chi connectivity index (χ1n) is 8.70. The highest BCUT2D eigenvalue weighted by Gasteiger charge is 2.31. The van der Waals surface area contributed by atoms with E-state index in [9.17, 15) is 4.79 Å². The average Bonchev–Trinajstić information content (AvgIpc) is 2.63. The van der Waals surface area contributed by atoms with Gasteiger partial charge in [-0.1, -0.05) is 30.3 Å². The fraction of sp³-hybridized carbons (Fsp3) is 0.238. The quantitative estimate of drug-likeness (QED) is 0.704. The Kier molecular flexibility index (Phi) is 5.46. The van der Waals surface area contributed by atoms with Crippen LogP contribution in [-0.2, 0) is 4.79 Å². The SMILES string of the molecule is COc1ccccc1[C@H]1NC(=S)NC(C)=C1C(=O)Nc1cc(C)ccc1C. The minimum Gasteiger partial charge on any atom is -0.496 e. The van der Waals surface area contributed by atoms with Crippen molar-refractivity contribution < 1.29 is 9.53 Å². The lowest BCUT2D eigenvalue weighted by molar-refractivity contribution is -0.113. The molecule has 1 heterocycles. The van der Waals surface area contributed by atoms with Crippen LogP contribution in [0.4, 0.5) is 5.69 Å². The highest BCUT2D eigenvalue weighted by Crippen LogP contribution is 2.33. The minimum absolute atomic E-state index is 0.181. The second-order valence-electron chi connectivity index (χ2n) is 6.58. The van der Waals surface area contributed by atoms with E-state index in [0.717, 1.165) is 28.1 Å². The van der Waals surface area contributed by atoms with Crippen LogP contribution >= 0.6 is 12.2 Å². The predicted octanol–water partition coefficient (Wildman–Crippen LogP) is 3.74. The van der Waals surface area contributed by atoms with E-state index in [4.69, 9.17) is 17.0 Å². The van der Waals surface area contributed by atoms with Crippen LogP contribution in [0.3, 0.4) is 0 Å². The Bertz CT molecular complexity index is 937. The number of carbonyl (C=O) groups excluding carboxylic acids is 1. The van der Waals surface area contributed by atoms with Crippen LogP contribution in [-0.4, -0.2) is 18.1 Å². The van der Waals surface area contributed by atoms with Gasteiger partial charge in [-0.25, -0.2) is 0 Å². The molecule has 0 saturated heterocycles. The molecule has 6 heteroatoms. The number of hydrogen-bond donors (Lipinski definition) is 3. The third kappa shape index (κ3) is 3.95. The molecule has 0 spiro atoms. The summed E-state index contributed by atoms with van der Waals surface area (Å²) in [6, 6.07) is 13.2. The number of allylic oxidation sites excluding steroid dienone is 1. The molecule has 1 amide bonds. The van der Waals surface area contributed by atoms with Crippen molar-refractivity contribution in [1.82, 2.24) is 10.6 Å². The van der Waals surface area contributed by atoms with Gasteiger partial charge in [-0.3, -0.25) is 4.79 Å². The molecule has 2 aromatic carbocycles. The summed E-state index contributed by atoms with van der Waals surface area (Å²) in [6.07, 6.45) is 0. The van der Waals surface area contributed by atoms with Crippen LogP contribution in [0.15, 0.2) is 53.7 Å². The van der Waals surface area contributed by atoms with Gasteiger partial charge in [0, 0.05) is 16.9 Å². The van der Waals surface area contributed by atoms with Gasteiger partial charge < -0.3 is 20.7 Å². The molecule has 0 aromatic heterocycles. The second-order valence-corrected chi connectivity index (χ2v) is 6.99. The number of rotatable bonds is 4. The molecule has 0 saturated carbocycles. The highest BCUT2D eigenvalue weighted by molar-refractivity contribution is 7.80. The molecule has 0 fully saturated rings. The maximum absolute atomic E-state index is 13.2. The Morgan fingerprint density at radius 1 is 1.15 bits per heavy atom. The minimum atomic E-state index is -0.403. The van der Waals surface area contributed by atoms with Crippen molar-refractivity contribution in [3.63, 3.8) is 0 Å². The summed E-state index contributed by atoms with van der Waals surface area (Å²) in [7, 11) is 1.62. The molecule has 2 aromatic rings. The van der Waals surface area contributed by atoms with Gasteiger partial charge in [-0.2, -0.15) is 0 Å². The summed E-state index contributed by atoms with van der Waals surface area (Å²) < 4.78 is 5.49. The zero-order chi connectivity index (χ0) is 19.6. The van der Waals surface area contributed by atoms with E-state index in [1.807, 2.05) is 63.2 Å². The van der Waals surface area contributed by atoms with Gasteiger partial charge in [0.05, 0.1) is 18.7 Å². The van der Waals surface area contributed by atoms with Crippen molar-refractivity contribution in [3.8, 4) is 5.75 Å². The van der Waals surface area contributed by atoms with Crippen molar-refractivity contribution in [2.24, 2.45) is 0 Å². The maximum atomic E-state index is 13.2. The number of benzene rings is 2. The third-order valence-corrected chi connectivity index (χ3v) is 4.82. The van der Waals surface area contributed by atoms with Gasteiger partial charge in [0.2, 0.25) is 0 Å². The second kappa shape index (κ2) is 7.80. The van der Waals surface area contributed by atoms with Gasteiger partial charge in [0.15, 0.2) is 5.11 Å². The van der Waals surface area contributed by atoms with E-state index in [1.165, 1.54) is 0 Å². The lowest BCUT2D eigenvalue weighted by Crippen LogP contribution is -2.45. The van der Waals surface area contributed by atoms with E-state index in [2.05, 4.69) is 16.0 Å². The molecule has 3 rings (SSSR count). The number of methoxy groups -OCH3 is 1. The number of carbonyl (C=O) groups is 1. The molecule has 0 aliphatic carbocycles. The monoisotopic (exact) mass is 381 g/mol. The molecular formula is C21H23N3O2S. The van der Waals surface area contributed by atoms with Crippen molar-refractivity contribution in [2.45, 2.75) is 26.8 Å². The fourth-order valence-electron chi connectivity index (χ4n) is 3.19. The van der Waals surface area contributed by atoms with Crippen LogP contribution in [0.25, 0.3) is 0 Å². The van der Waals surface area contributed by atoms with Crippen LogP contribution in [0.1, 0.15) is 29.7 Å². The van der Waals surface area contributed by atoms with Crippen LogP contribution in [0.5, 0.6) is 5.75 Å². The summed E-state index contributed by atoms with van der Waals surface area (Å²) in [5, 5.41) is 9.78. The Morgan fingerprint density at radius 3 is 2.63 bits per heavy atom. The number of thiocarbonyl (C=S) groups is 1. The average molecular weight is 382 g/mol. The molecule has 5 nitrogen and oxygen atoms in total. The van der Waals surface area contributed by atoms with Crippen molar-refractivity contribution in [3.05, 3.63) is 70.4 Å². The lowest BCUT2D eigenvalue weighted by Gasteiger charge is -2.31. The number of para-hydroxylation sites is 1. The smallest absolute Gasteiger partial charge is 0.255 e. The molecule has 0 radical (unpaired) electrons. The van der Waals surface area contributed by atoms with Gasteiger partial charge in [0.1, 0.15) is 5.75 Å². The zero-order valence-electron chi connectivity index (χ0n) is 15.8. The lowest BCUT2D eigenvalue weighted by atomic mass is 9.94. The molecule has 3 N–H and O–H groups in total. The molecule has 0 unspecified atom stereocenters. The van der Waals surface area contributed by atoms with Crippen LogP contribution in [0, 0.1) is 13.8 Å². The largest absolute Gasteiger partial charge is 0.496 e. The van der Waals surface area contributed by atoms with E-state index in [-0.39, 0.29) is 5.91 Å². The predicted molar refractivity (Wildman–Crippen MR) is 112 cm³/mol. The number of anilines is 1. The molecule has 1 aliphatic heterocycles. The van der Waals surface area contributed by atoms with Gasteiger partial charge >= 0.3 is 0 Å². The Labute approximate surface area is 164 Å². The summed E-state index contributed by atoms with van der Waals surface area (Å²) >= 11 is 5.32. The standard InChI is InChI=1S/C21H23N3O2S/c1-12-9-10-13(2)16(11-12)23-20(25)18-14(3)22-21(27)24-19(18)15-7-5-6-8-17(15)26-4/h5-11,19H,1-4H3,(H,23,25)(H2,22,24,27)/t19-/m1/s1. The number of nitrogens with one attached hydrogen (secondary N) is 3. The van der Waals surface area contributed by atoms with Gasteiger partial charge in [0.25, 0.3) is 5.91 Å². The van der Waals surface area contributed by atoms with Crippen LogP contribution < -0.4 is 20.7 Å². The third-order valence-electron chi connectivity index (χ3n) is 4.60. The molecule has 1 aliphatic rings. The topological polar surface area (TPSA) is 62.4 Å². The van der Waals surface area contributed by atoms with E-state index < -0.39 is 6.04 Å². The van der Waals surface area contributed by atoms with Crippen molar-refractivity contribution in [1.29, 1.82) is 0 Å². The Balaban J connectivity index is 2.01. The van der Waals surface area contributed by atoms with Gasteiger partial charge in [-0.15, -0.1) is 0 Å². The van der Waals surface area contributed by atoms with E-state index >= 15 is 0 Å². The molecule has 0 bridgehead atoms. The normalized spacial score (nSPS) is 16.4. The summed E-state index contributed by atoms with van der Waals surface area (Å²) in [4.78, 5) is 13.2. The van der Waals surface area contributed by atoms with Crippen LogP contribution in [0.2, 0.25) is 0 Å². The van der Waals surface area contributed by atoms with E-state index in [1.54, 1.807) is 7.11 Å². The summed E-state index contributed by atoms with van der Waals surface area (Å²) in [5.41, 5.74) is 5.05. The first-order valence-corrected chi connectivity index (χ1v) is 9.11. The zero-order valence-corrected chi connectivity index (χ0v) is 16.7. The fourth-order valence-corrected chi connectivity index (χ4v) is 3.46. The molecule has 1 atom stereocenters. The van der Waals surface area contributed by atoms with Crippen molar-refractivity contribution in [2.75, 3.05) is 12.4 Å². The highest BCUT2D eigenvalue weighted by atomic mass is 32.1. The Morgan fingerprint density at radius 2 is 1.89 bits per heavy atom. The van der Waals surface area contributed by atoms with Crippen molar-refractivity contribution >= 4 is 28.9 Å². The Hall–Kier alpha value is -2.86. The maximum Gasteiger partial charge on any atom is 0.255 e. The van der Waals surface area contributed by atoms with E-state index in [0.29, 0.717) is 16.4 Å². The van der Waals surface area contributed by atoms with Gasteiger partial charge in [-0.05, 0) is 56.2 Å².